The lowest BCUT2D eigenvalue weighted by Crippen LogP contribution is -2.22. The minimum absolute atomic E-state index is 0.0763. The fourth-order valence-corrected chi connectivity index (χ4v) is 2.53. The molecule has 1 heterocycles. The van der Waals surface area contributed by atoms with E-state index in [4.69, 9.17) is 4.74 Å². The molecule has 0 atom stereocenters. The van der Waals surface area contributed by atoms with Gasteiger partial charge in [0.1, 0.15) is 0 Å². The van der Waals surface area contributed by atoms with E-state index < -0.39 is 0 Å². The molecule has 0 aliphatic heterocycles. The van der Waals surface area contributed by atoms with Crippen LogP contribution in [0.25, 0.3) is 0 Å². The number of nitrogens with one attached hydrogen (secondary N) is 1. The van der Waals surface area contributed by atoms with Crippen molar-refractivity contribution in [3.05, 3.63) is 20.8 Å². The Bertz CT molecular complexity index is 314. The topological polar surface area (TPSA) is 38.3 Å². The summed E-state index contributed by atoms with van der Waals surface area (Å²) in [6.07, 6.45) is 1.30. The number of carbonyl (C=O) groups excluding carboxylic acids is 1. The lowest BCUT2D eigenvalue weighted by molar-refractivity contribution is -0.121. The lowest BCUT2D eigenvalue weighted by Gasteiger charge is -2.03. The molecule has 0 unspecified atom stereocenters. The largest absolute Gasteiger partial charge is 0.385 e. The number of rotatable bonds is 6. The van der Waals surface area contributed by atoms with E-state index in [2.05, 4.69) is 21.2 Å². The molecule has 84 valence electrons. The van der Waals surface area contributed by atoms with Crippen LogP contribution in [0.1, 0.15) is 17.7 Å². The molecule has 5 heteroatoms. The van der Waals surface area contributed by atoms with Gasteiger partial charge in [-0.3, -0.25) is 4.79 Å². The first kappa shape index (κ1) is 12.7. The second-order valence-corrected chi connectivity index (χ2v) is 4.92. The molecule has 0 aliphatic rings. The van der Waals surface area contributed by atoms with E-state index in [1.165, 1.54) is 0 Å². The van der Waals surface area contributed by atoms with Crippen LogP contribution >= 0.6 is 27.3 Å². The summed E-state index contributed by atoms with van der Waals surface area (Å²) >= 11 is 5.05. The molecular formula is C10H14BrNO2S. The maximum Gasteiger partial charge on any atom is 0.220 e. The zero-order chi connectivity index (χ0) is 11.1. The van der Waals surface area contributed by atoms with Gasteiger partial charge in [0, 0.05) is 29.5 Å². The van der Waals surface area contributed by atoms with Crippen molar-refractivity contribution in [2.45, 2.75) is 19.4 Å². The summed E-state index contributed by atoms with van der Waals surface area (Å²) in [7, 11) is 1.64. The van der Waals surface area contributed by atoms with Crippen LogP contribution in [0.15, 0.2) is 15.9 Å². The van der Waals surface area contributed by atoms with Crippen LogP contribution in [0.4, 0.5) is 0 Å². The van der Waals surface area contributed by atoms with Crippen molar-refractivity contribution in [2.75, 3.05) is 13.7 Å². The Hall–Kier alpha value is -0.390. The van der Waals surface area contributed by atoms with E-state index in [0.717, 1.165) is 15.8 Å². The summed E-state index contributed by atoms with van der Waals surface area (Å²) in [6, 6.07) is 1.98. The molecule has 15 heavy (non-hydrogen) atoms. The van der Waals surface area contributed by atoms with Gasteiger partial charge in [0.05, 0.1) is 6.54 Å². The summed E-state index contributed by atoms with van der Waals surface area (Å²) < 4.78 is 5.94. The minimum atomic E-state index is 0.0763. The Morgan fingerprint density at radius 1 is 1.67 bits per heavy atom. The number of hydrogen-bond donors (Lipinski definition) is 1. The molecule has 0 saturated heterocycles. The Kier molecular flexibility index (Phi) is 5.90. The summed E-state index contributed by atoms with van der Waals surface area (Å²) in [5.41, 5.74) is 0. The molecule has 3 nitrogen and oxygen atoms in total. The summed E-state index contributed by atoms with van der Waals surface area (Å²) in [5.74, 6) is 0.0763. The molecule has 0 bridgehead atoms. The Labute approximate surface area is 102 Å². The number of methoxy groups -OCH3 is 1. The van der Waals surface area contributed by atoms with Crippen molar-refractivity contribution in [3.63, 3.8) is 0 Å². The van der Waals surface area contributed by atoms with Gasteiger partial charge in [-0.1, -0.05) is 0 Å². The highest BCUT2D eigenvalue weighted by Gasteiger charge is 2.04. The normalized spacial score (nSPS) is 10.3. The Balaban J connectivity index is 2.20. The van der Waals surface area contributed by atoms with Gasteiger partial charge in [-0.2, -0.15) is 0 Å². The fraction of sp³-hybridized carbons (Fsp3) is 0.500. The molecule has 1 N–H and O–H groups in total. The average molecular weight is 292 g/mol. The molecular weight excluding hydrogens is 278 g/mol. The van der Waals surface area contributed by atoms with Crippen LogP contribution in [-0.2, 0) is 16.1 Å². The van der Waals surface area contributed by atoms with E-state index in [1.54, 1.807) is 18.4 Å². The second kappa shape index (κ2) is 6.98. The first-order valence-electron chi connectivity index (χ1n) is 4.71. The van der Waals surface area contributed by atoms with Crippen LogP contribution < -0.4 is 5.32 Å². The minimum Gasteiger partial charge on any atom is -0.385 e. The fourth-order valence-electron chi connectivity index (χ4n) is 1.10. The second-order valence-electron chi connectivity index (χ2n) is 3.06. The lowest BCUT2D eigenvalue weighted by atomic mass is 10.3. The Morgan fingerprint density at radius 2 is 2.47 bits per heavy atom. The van der Waals surface area contributed by atoms with Gasteiger partial charge in [0.15, 0.2) is 0 Å². The van der Waals surface area contributed by atoms with Crippen molar-refractivity contribution in [3.8, 4) is 0 Å². The highest BCUT2D eigenvalue weighted by molar-refractivity contribution is 9.10. The van der Waals surface area contributed by atoms with Gasteiger partial charge < -0.3 is 10.1 Å². The number of amides is 1. The summed E-state index contributed by atoms with van der Waals surface area (Å²) in [4.78, 5) is 12.5. The molecule has 0 fully saturated rings. The molecule has 1 rings (SSSR count). The zero-order valence-electron chi connectivity index (χ0n) is 8.59. The van der Waals surface area contributed by atoms with Crippen LogP contribution in [0, 0.1) is 0 Å². The first-order chi connectivity index (χ1) is 7.24. The number of halogens is 1. The monoisotopic (exact) mass is 291 g/mol. The van der Waals surface area contributed by atoms with Crippen LogP contribution in [0.5, 0.6) is 0 Å². The van der Waals surface area contributed by atoms with Gasteiger partial charge >= 0.3 is 0 Å². The van der Waals surface area contributed by atoms with Gasteiger partial charge in [-0.05, 0) is 33.8 Å². The third-order valence-corrected chi connectivity index (χ3v) is 3.82. The third-order valence-electron chi connectivity index (χ3n) is 1.89. The molecule has 0 radical (unpaired) electrons. The van der Waals surface area contributed by atoms with E-state index in [1.807, 2.05) is 11.4 Å². The van der Waals surface area contributed by atoms with Gasteiger partial charge in [0.25, 0.3) is 0 Å². The van der Waals surface area contributed by atoms with Crippen molar-refractivity contribution < 1.29 is 9.53 Å². The van der Waals surface area contributed by atoms with Crippen molar-refractivity contribution >= 4 is 33.2 Å². The predicted octanol–water partition coefficient (Wildman–Crippen LogP) is 2.55. The van der Waals surface area contributed by atoms with Crippen LogP contribution in [0.2, 0.25) is 0 Å². The summed E-state index contributed by atoms with van der Waals surface area (Å²) in [5, 5.41) is 4.87. The SMILES string of the molecule is COCCCC(=O)NCc1sccc1Br. The highest BCUT2D eigenvalue weighted by Crippen LogP contribution is 2.22. The van der Waals surface area contributed by atoms with E-state index in [-0.39, 0.29) is 5.91 Å². The molecule has 0 aliphatic carbocycles. The van der Waals surface area contributed by atoms with Gasteiger partial charge in [-0.15, -0.1) is 11.3 Å². The zero-order valence-corrected chi connectivity index (χ0v) is 11.0. The number of carbonyl (C=O) groups is 1. The molecule has 0 spiro atoms. The Morgan fingerprint density at radius 3 is 3.07 bits per heavy atom. The average Bonchev–Trinajstić information content (AvgIpc) is 2.61. The molecule has 1 aromatic rings. The first-order valence-corrected chi connectivity index (χ1v) is 6.39. The van der Waals surface area contributed by atoms with Gasteiger partial charge in [-0.25, -0.2) is 0 Å². The third kappa shape index (κ3) is 4.77. The number of ether oxygens (including phenoxy) is 1. The standard InChI is InChI=1S/C10H14BrNO2S/c1-14-5-2-3-10(13)12-7-9-8(11)4-6-15-9/h4,6H,2-3,5,7H2,1H3,(H,12,13). The molecule has 1 aromatic heterocycles. The number of thiophene rings is 1. The van der Waals surface area contributed by atoms with Crippen LogP contribution in [0.3, 0.4) is 0 Å². The quantitative estimate of drug-likeness (QED) is 0.818. The van der Waals surface area contributed by atoms with Crippen molar-refractivity contribution in [1.82, 2.24) is 5.32 Å². The smallest absolute Gasteiger partial charge is 0.220 e. The molecule has 0 saturated carbocycles. The summed E-state index contributed by atoms with van der Waals surface area (Å²) in [6.45, 7) is 1.24. The predicted molar refractivity (Wildman–Crippen MR) is 65.0 cm³/mol. The van der Waals surface area contributed by atoms with Crippen molar-refractivity contribution in [2.24, 2.45) is 0 Å². The maximum atomic E-state index is 11.3. The van der Waals surface area contributed by atoms with Crippen LogP contribution in [-0.4, -0.2) is 19.6 Å². The number of hydrogen-bond acceptors (Lipinski definition) is 3. The van der Waals surface area contributed by atoms with Crippen molar-refractivity contribution in [1.29, 1.82) is 0 Å². The van der Waals surface area contributed by atoms with E-state index >= 15 is 0 Å². The molecule has 0 aromatic carbocycles. The van der Waals surface area contributed by atoms with Gasteiger partial charge in [0.2, 0.25) is 5.91 Å². The van der Waals surface area contributed by atoms with E-state index in [0.29, 0.717) is 19.6 Å². The van der Waals surface area contributed by atoms with E-state index in [9.17, 15) is 4.79 Å². The molecule has 1 amide bonds. The highest BCUT2D eigenvalue weighted by atomic mass is 79.9. The maximum absolute atomic E-state index is 11.3.